The van der Waals surface area contributed by atoms with Gasteiger partial charge in [-0.2, -0.15) is 5.10 Å². The number of rotatable bonds is 8. The summed E-state index contributed by atoms with van der Waals surface area (Å²) in [7, 11) is 1.63. The summed E-state index contributed by atoms with van der Waals surface area (Å²) < 4.78 is 0. The molecule has 1 fully saturated rings. The molecule has 0 aliphatic carbocycles. The number of aldehydes is 1. The van der Waals surface area contributed by atoms with E-state index in [0.717, 1.165) is 49.2 Å². The number of carbonyl (C=O) groups is 1. The topological polar surface area (TPSA) is 131 Å². The van der Waals surface area contributed by atoms with Gasteiger partial charge in [0.2, 0.25) is 0 Å². The van der Waals surface area contributed by atoms with Gasteiger partial charge >= 0.3 is 0 Å². The second-order valence-electron chi connectivity index (χ2n) is 8.04. The third kappa shape index (κ3) is 4.89. The Morgan fingerprint density at radius 3 is 2.79 bits per heavy atom. The lowest BCUT2D eigenvalue weighted by atomic mass is 9.97. The van der Waals surface area contributed by atoms with Crippen molar-refractivity contribution in [3.05, 3.63) is 70.9 Å². The Morgan fingerprint density at radius 1 is 1.27 bits per heavy atom. The number of hydrogen-bond acceptors (Lipinski definition) is 8. The predicted molar refractivity (Wildman–Crippen MR) is 131 cm³/mol. The number of amidine groups is 1. The van der Waals surface area contributed by atoms with Crippen LogP contribution in [0.5, 0.6) is 0 Å². The molecule has 172 valence electrons. The van der Waals surface area contributed by atoms with Crippen LogP contribution in [-0.2, 0) is 11.3 Å². The number of hydrazine groups is 1. The van der Waals surface area contributed by atoms with Crippen LogP contribution in [0.15, 0.2) is 64.9 Å². The van der Waals surface area contributed by atoms with E-state index in [2.05, 4.69) is 26.6 Å². The molecule has 9 nitrogen and oxygen atoms in total. The van der Waals surface area contributed by atoms with Gasteiger partial charge in [0.1, 0.15) is 0 Å². The summed E-state index contributed by atoms with van der Waals surface area (Å²) in [5.41, 5.74) is 16.8. The highest BCUT2D eigenvalue weighted by Gasteiger charge is 2.25. The molecule has 7 N–H and O–H groups in total. The lowest BCUT2D eigenvalue weighted by molar-refractivity contribution is -0.105. The number of nitrogens with zero attached hydrogens (tertiary/aromatic N) is 2. The van der Waals surface area contributed by atoms with E-state index in [9.17, 15) is 4.79 Å². The van der Waals surface area contributed by atoms with E-state index < -0.39 is 0 Å². The first-order valence-corrected chi connectivity index (χ1v) is 11.1. The number of hydrogen-bond donors (Lipinski definition) is 6. The maximum atomic E-state index is 12.1. The lowest BCUT2D eigenvalue weighted by Crippen LogP contribution is -2.44. The Kier molecular flexibility index (Phi) is 7.01. The van der Waals surface area contributed by atoms with Crippen molar-refractivity contribution < 1.29 is 4.79 Å². The first-order valence-electron chi connectivity index (χ1n) is 11.1. The molecule has 0 spiro atoms. The molecule has 33 heavy (non-hydrogen) atoms. The van der Waals surface area contributed by atoms with Gasteiger partial charge in [0, 0.05) is 31.7 Å². The molecule has 0 aromatic heterocycles. The monoisotopic (exact) mass is 446 g/mol. The minimum absolute atomic E-state index is 0.0883. The molecule has 0 bridgehead atoms. The van der Waals surface area contributed by atoms with E-state index >= 15 is 0 Å². The molecule has 2 aromatic rings. The molecule has 4 rings (SSSR count). The van der Waals surface area contributed by atoms with Gasteiger partial charge in [-0.3, -0.25) is 15.2 Å². The SMILES string of the molecule is CN/N=C(N)\C(C(=N)c1ccc2c(c1)CNN2c1ccccc1)=C(/C=O)NC1CCCNC1. The fourth-order valence-electron chi connectivity index (χ4n) is 4.24. The van der Waals surface area contributed by atoms with E-state index in [0.29, 0.717) is 12.1 Å². The van der Waals surface area contributed by atoms with Gasteiger partial charge in [0.25, 0.3) is 0 Å². The maximum Gasteiger partial charge on any atom is 0.166 e. The number of para-hydroxylation sites is 1. The quantitative estimate of drug-likeness (QED) is 0.119. The Balaban J connectivity index is 1.67. The van der Waals surface area contributed by atoms with Crippen molar-refractivity contribution in [1.29, 1.82) is 5.41 Å². The van der Waals surface area contributed by atoms with Crippen LogP contribution >= 0.6 is 0 Å². The largest absolute Gasteiger partial charge is 0.382 e. The number of hydrazone groups is 1. The number of benzene rings is 2. The Bertz CT molecular complexity index is 1070. The zero-order valence-corrected chi connectivity index (χ0v) is 18.7. The number of anilines is 2. The Hall–Kier alpha value is -3.69. The third-order valence-corrected chi connectivity index (χ3v) is 5.83. The van der Waals surface area contributed by atoms with Gasteiger partial charge in [-0.05, 0) is 49.2 Å². The summed E-state index contributed by atoms with van der Waals surface area (Å²) in [5, 5.41) is 21.6. The zero-order chi connectivity index (χ0) is 23.2. The highest BCUT2D eigenvalue weighted by molar-refractivity contribution is 6.30. The smallest absolute Gasteiger partial charge is 0.166 e. The second-order valence-corrected chi connectivity index (χ2v) is 8.04. The van der Waals surface area contributed by atoms with Crippen LogP contribution < -0.4 is 32.2 Å². The highest BCUT2D eigenvalue weighted by Crippen LogP contribution is 2.32. The first kappa shape index (κ1) is 22.5. The van der Waals surface area contributed by atoms with Gasteiger partial charge in [0.15, 0.2) is 12.1 Å². The van der Waals surface area contributed by atoms with E-state index in [1.54, 1.807) is 7.05 Å². The highest BCUT2D eigenvalue weighted by atomic mass is 16.1. The molecule has 1 atom stereocenters. The third-order valence-electron chi connectivity index (χ3n) is 5.83. The van der Waals surface area contributed by atoms with Crippen molar-refractivity contribution in [2.45, 2.75) is 25.4 Å². The molecule has 2 aliphatic heterocycles. The van der Waals surface area contributed by atoms with Crippen molar-refractivity contribution >= 4 is 29.2 Å². The summed E-state index contributed by atoms with van der Waals surface area (Å²) in [4.78, 5) is 12.1. The summed E-state index contributed by atoms with van der Waals surface area (Å²) in [6.45, 7) is 2.35. The first-order chi connectivity index (χ1) is 16.1. The number of fused-ring (bicyclic) bond motifs is 1. The van der Waals surface area contributed by atoms with E-state index in [1.807, 2.05) is 53.5 Å². The minimum atomic E-state index is 0.0883. The minimum Gasteiger partial charge on any atom is -0.382 e. The second kappa shape index (κ2) is 10.3. The van der Waals surface area contributed by atoms with Gasteiger partial charge in [-0.15, -0.1) is 0 Å². The van der Waals surface area contributed by atoms with Gasteiger partial charge in [0.05, 0.1) is 28.4 Å². The van der Waals surface area contributed by atoms with Crippen LogP contribution in [-0.4, -0.2) is 44.0 Å². The van der Waals surface area contributed by atoms with Gasteiger partial charge in [-0.25, -0.2) is 5.43 Å². The van der Waals surface area contributed by atoms with Gasteiger partial charge in [-0.1, -0.05) is 24.3 Å². The van der Waals surface area contributed by atoms with Crippen molar-refractivity contribution in [3.8, 4) is 0 Å². The van der Waals surface area contributed by atoms with Crippen LogP contribution in [0.25, 0.3) is 0 Å². The fraction of sp³-hybridized carbons (Fsp3) is 0.292. The summed E-state index contributed by atoms with van der Waals surface area (Å²) in [6.07, 6.45) is 2.68. The summed E-state index contributed by atoms with van der Waals surface area (Å²) in [5.74, 6) is 0.0883. The molecule has 1 saturated heterocycles. The Labute approximate surface area is 193 Å². The molecule has 0 radical (unpaired) electrons. The van der Waals surface area contributed by atoms with Crippen LogP contribution in [0.1, 0.15) is 24.0 Å². The van der Waals surface area contributed by atoms with Crippen molar-refractivity contribution in [1.82, 2.24) is 21.5 Å². The van der Waals surface area contributed by atoms with Crippen molar-refractivity contribution in [2.24, 2.45) is 10.8 Å². The van der Waals surface area contributed by atoms with Gasteiger partial charge < -0.3 is 21.8 Å². The van der Waals surface area contributed by atoms with Crippen LogP contribution in [0.4, 0.5) is 11.4 Å². The standard InChI is InChI=1S/C24H30N8O/c1-27-31-24(26)22(20(15-33)30-18-6-5-11-28-14-18)23(25)16-9-10-21-17(12-16)13-29-32(21)19-7-3-2-4-8-19/h2-4,7-10,12,15,18,25,27-30H,5-6,11,13-14H2,1H3,(H2,26,31)/b22-20+,25-23?. The average Bonchev–Trinajstić information content (AvgIpc) is 3.28. The molecule has 0 saturated carbocycles. The number of piperidine rings is 1. The number of nitrogens with one attached hydrogen (secondary N) is 5. The van der Waals surface area contributed by atoms with E-state index in [4.69, 9.17) is 11.1 Å². The van der Waals surface area contributed by atoms with Crippen LogP contribution in [0.2, 0.25) is 0 Å². The molecule has 2 aliphatic rings. The van der Waals surface area contributed by atoms with Crippen LogP contribution in [0.3, 0.4) is 0 Å². The summed E-state index contributed by atoms with van der Waals surface area (Å²) >= 11 is 0. The fourth-order valence-corrected chi connectivity index (χ4v) is 4.24. The zero-order valence-electron chi connectivity index (χ0n) is 18.7. The number of nitrogens with two attached hydrogens (primary N) is 1. The Morgan fingerprint density at radius 2 is 2.09 bits per heavy atom. The number of carbonyl (C=O) groups excluding carboxylic acids is 1. The molecule has 9 heteroatoms. The average molecular weight is 447 g/mol. The molecular weight excluding hydrogens is 416 g/mol. The molecule has 2 heterocycles. The lowest BCUT2D eigenvalue weighted by Gasteiger charge is -2.26. The van der Waals surface area contributed by atoms with E-state index in [-0.39, 0.29) is 28.9 Å². The molecule has 2 aromatic carbocycles. The summed E-state index contributed by atoms with van der Waals surface area (Å²) in [6, 6.07) is 16.0. The van der Waals surface area contributed by atoms with Crippen molar-refractivity contribution in [2.75, 3.05) is 25.1 Å². The van der Waals surface area contributed by atoms with Crippen LogP contribution in [0, 0.1) is 5.41 Å². The molecular formula is C24H30N8O. The molecule has 1 unspecified atom stereocenters. The van der Waals surface area contributed by atoms with Crippen molar-refractivity contribution in [3.63, 3.8) is 0 Å². The predicted octanol–water partition coefficient (Wildman–Crippen LogP) is 1.50. The normalized spacial score (nSPS) is 18.9. The maximum absolute atomic E-state index is 12.1. The van der Waals surface area contributed by atoms with E-state index in [1.165, 1.54) is 0 Å². The number of allylic oxidation sites excluding steroid dienone is 1. The molecule has 0 amide bonds.